The van der Waals surface area contributed by atoms with Gasteiger partial charge in [0.2, 0.25) is 5.91 Å². The van der Waals surface area contributed by atoms with Crippen molar-refractivity contribution in [3.63, 3.8) is 0 Å². The highest BCUT2D eigenvalue weighted by Crippen LogP contribution is 2.46. The SMILES string of the molecule is CN(C)c1ccc(CCNC(=O)[C@@]23CC[C@H](N4CCOCC4)C[C@H]2CCNC3)cc1.Cl.Cl. The summed E-state index contributed by atoms with van der Waals surface area (Å²) in [6, 6.07) is 9.23. The van der Waals surface area contributed by atoms with E-state index in [0.717, 1.165) is 71.5 Å². The van der Waals surface area contributed by atoms with Gasteiger partial charge in [-0.25, -0.2) is 0 Å². The number of amides is 1. The molecule has 1 saturated carbocycles. The van der Waals surface area contributed by atoms with Crippen LogP contribution < -0.4 is 15.5 Å². The average molecular weight is 488 g/mol. The predicted molar refractivity (Wildman–Crippen MR) is 135 cm³/mol. The Bertz CT molecular complexity index is 712. The molecule has 6 nitrogen and oxygen atoms in total. The number of benzene rings is 1. The van der Waals surface area contributed by atoms with Gasteiger partial charge in [-0.2, -0.15) is 0 Å². The predicted octanol–water partition coefficient (Wildman–Crippen LogP) is 2.74. The van der Waals surface area contributed by atoms with Crippen LogP contribution in [0.15, 0.2) is 24.3 Å². The number of anilines is 1. The monoisotopic (exact) mass is 486 g/mol. The van der Waals surface area contributed by atoms with Crippen LogP contribution in [0.5, 0.6) is 0 Å². The molecule has 32 heavy (non-hydrogen) atoms. The number of piperidine rings is 1. The first kappa shape index (κ1) is 27.2. The summed E-state index contributed by atoms with van der Waals surface area (Å²) in [5, 5.41) is 6.83. The number of nitrogens with zero attached hydrogens (tertiary/aromatic N) is 2. The Hall–Kier alpha value is -1.05. The number of fused-ring (bicyclic) bond motifs is 1. The lowest BCUT2D eigenvalue weighted by Crippen LogP contribution is -2.60. The standard InChI is InChI=1S/C24H38N4O2.2ClH/c1-27(2)21-5-3-19(4-6-21)8-12-26-23(29)24-10-7-22(28-13-15-30-16-14-28)17-20(24)9-11-25-18-24;;/h3-6,20,22,25H,7-18H2,1-2H3,(H,26,29);2*1H/t20-,22+,24-;;/m1../s1. The fourth-order valence-corrected chi connectivity index (χ4v) is 5.63. The van der Waals surface area contributed by atoms with Gasteiger partial charge in [0.05, 0.1) is 18.6 Å². The summed E-state index contributed by atoms with van der Waals surface area (Å²) in [7, 11) is 4.11. The van der Waals surface area contributed by atoms with Crippen LogP contribution in [0, 0.1) is 11.3 Å². The Morgan fingerprint density at radius 3 is 2.59 bits per heavy atom. The molecule has 1 aliphatic carbocycles. The van der Waals surface area contributed by atoms with Gasteiger partial charge in [0.15, 0.2) is 0 Å². The first-order valence-electron chi connectivity index (χ1n) is 11.7. The van der Waals surface area contributed by atoms with Crippen LogP contribution in [0.1, 0.15) is 31.2 Å². The summed E-state index contributed by atoms with van der Waals surface area (Å²) in [4.78, 5) is 18.1. The van der Waals surface area contributed by atoms with Crippen LogP contribution in [0.3, 0.4) is 0 Å². The van der Waals surface area contributed by atoms with Crippen molar-refractivity contribution in [2.75, 3.05) is 64.9 Å². The van der Waals surface area contributed by atoms with Crippen molar-refractivity contribution in [1.29, 1.82) is 0 Å². The van der Waals surface area contributed by atoms with E-state index in [2.05, 4.69) is 58.8 Å². The van der Waals surface area contributed by atoms with E-state index in [9.17, 15) is 4.79 Å². The summed E-state index contributed by atoms with van der Waals surface area (Å²) in [6.45, 7) is 6.36. The van der Waals surface area contributed by atoms with Crippen LogP contribution in [0.25, 0.3) is 0 Å². The number of nitrogens with one attached hydrogen (secondary N) is 2. The van der Waals surface area contributed by atoms with Gasteiger partial charge < -0.3 is 20.3 Å². The minimum atomic E-state index is -0.226. The van der Waals surface area contributed by atoms with E-state index in [0.29, 0.717) is 18.5 Å². The lowest BCUT2D eigenvalue weighted by Gasteiger charge is -2.50. The number of carbonyl (C=O) groups excluding carboxylic acids is 1. The second-order valence-corrected chi connectivity index (χ2v) is 9.46. The average Bonchev–Trinajstić information content (AvgIpc) is 2.79. The van der Waals surface area contributed by atoms with Gasteiger partial charge in [0.1, 0.15) is 0 Å². The molecule has 2 saturated heterocycles. The van der Waals surface area contributed by atoms with E-state index in [4.69, 9.17) is 4.74 Å². The van der Waals surface area contributed by atoms with Crippen molar-refractivity contribution in [3.05, 3.63) is 29.8 Å². The van der Waals surface area contributed by atoms with Crippen molar-refractivity contribution in [2.45, 2.75) is 38.1 Å². The first-order valence-corrected chi connectivity index (χ1v) is 11.7. The number of halogens is 2. The van der Waals surface area contributed by atoms with Gasteiger partial charge in [-0.1, -0.05) is 12.1 Å². The molecule has 3 aliphatic rings. The Kier molecular flexibility index (Phi) is 10.6. The summed E-state index contributed by atoms with van der Waals surface area (Å²) < 4.78 is 5.54. The first-order chi connectivity index (χ1) is 14.6. The molecule has 0 radical (unpaired) electrons. The lowest BCUT2D eigenvalue weighted by molar-refractivity contribution is -0.140. The Balaban J connectivity index is 0.00000181. The normalized spacial score (nSPS) is 27.9. The maximum atomic E-state index is 13.4. The van der Waals surface area contributed by atoms with E-state index >= 15 is 0 Å². The Morgan fingerprint density at radius 1 is 1.19 bits per heavy atom. The van der Waals surface area contributed by atoms with E-state index in [1.807, 2.05) is 0 Å². The number of carbonyl (C=O) groups is 1. The van der Waals surface area contributed by atoms with E-state index in [1.165, 1.54) is 11.3 Å². The fraction of sp³-hybridized carbons (Fsp3) is 0.708. The molecule has 2 heterocycles. The largest absolute Gasteiger partial charge is 0.379 e. The molecular formula is C24H40Cl2N4O2. The molecule has 0 bridgehead atoms. The third-order valence-corrected chi connectivity index (χ3v) is 7.54. The second-order valence-electron chi connectivity index (χ2n) is 9.46. The molecule has 0 spiro atoms. The second kappa shape index (κ2) is 12.4. The molecule has 0 aromatic heterocycles. The molecule has 0 unspecified atom stereocenters. The number of rotatable bonds is 6. The minimum absolute atomic E-state index is 0. The molecule has 1 amide bonds. The zero-order valence-corrected chi connectivity index (χ0v) is 21.1. The van der Waals surface area contributed by atoms with Crippen LogP contribution in [-0.2, 0) is 16.0 Å². The third kappa shape index (κ3) is 6.09. The number of morpholine rings is 1. The fourth-order valence-electron chi connectivity index (χ4n) is 5.63. The van der Waals surface area contributed by atoms with Crippen molar-refractivity contribution in [1.82, 2.24) is 15.5 Å². The molecule has 8 heteroatoms. The maximum absolute atomic E-state index is 13.4. The molecule has 1 aromatic carbocycles. The van der Waals surface area contributed by atoms with Crippen molar-refractivity contribution < 1.29 is 9.53 Å². The third-order valence-electron chi connectivity index (χ3n) is 7.54. The molecule has 1 aromatic rings. The quantitative estimate of drug-likeness (QED) is 0.647. The van der Waals surface area contributed by atoms with E-state index in [1.54, 1.807) is 0 Å². The minimum Gasteiger partial charge on any atom is -0.379 e. The van der Waals surface area contributed by atoms with E-state index < -0.39 is 0 Å². The molecule has 3 fully saturated rings. The van der Waals surface area contributed by atoms with Crippen molar-refractivity contribution >= 4 is 36.4 Å². The summed E-state index contributed by atoms with van der Waals surface area (Å²) >= 11 is 0. The highest BCUT2D eigenvalue weighted by molar-refractivity contribution is 5.85. The van der Waals surface area contributed by atoms with Crippen LogP contribution >= 0.6 is 24.8 Å². The number of hydrogen-bond donors (Lipinski definition) is 2. The highest BCUT2D eigenvalue weighted by Gasteiger charge is 2.50. The molecule has 2 aliphatic heterocycles. The molecule has 2 N–H and O–H groups in total. The summed E-state index contributed by atoms with van der Waals surface area (Å²) in [5.41, 5.74) is 2.25. The summed E-state index contributed by atoms with van der Waals surface area (Å²) in [6.07, 6.45) is 5.26. The molecule has 3 atom stereocenters. The maximum Gasteiger partial charge on any atom is 0.227 e. The smallest absolute Gasteiger partial charge is 0.227 e. The lowest BCUT2D eigenvalue weighted by atomic mass is 9.61. The van der Waals surface area contributed by atoms with Gasteiger partial charge in [-0.05, 0) is 62.3 Å². The Labute approximate surface area is 205 Å². The van der Waals surface area contributed by atoms with Gasteiger partial charge in [-0.3, -0.25) is 9.69 Å². The van der Waals surface area contributed by atoms with Gasteiger partial charge in [0, 0.05) is 52.0 Å². The van der Waals surface area contributed by atoms with Crippen molar-refractivity contribution in [2.24, 2.45) is 11.3 Å². The molecular weight excluding hydrogens is 447 g/mol. The molecule has 4 rings (SSSR count). The summed E-state index contributed by atoms with van der Waals surface area (Å²) in [5.74, 6) is 0.754. The van der Waals surface area contributed by atoms with Gasteiger partial charge in [0.25, 0.3) is 0 Å². The highest BCUT2D eigenvalue weighted by atomic mass is 35.5. The number of ether oxygens (including phenoxy) is 1. The zero-order chi connectivity index (χ0) is 21.0. The molecule has 182 valence electrons. The topological polar surface area (TPSA) is 56.8 Å². The van der Waals surface area contributed by atoms with Gasteiger partial charge in [-0.15, -0.1) is 24.8 Å². The van der Waals surface area contributed by atoms with Crippen LogP contribution in [0.4, 0.5) is 5.69 Å². The van der Waals surface area contributed by atoms with E-state index in [-0.39, 0.29) is 36.1 Å². The van der Waals surface area contributed by atoms with Gasteiger partial charge >= 0.3 is 0 Å². The zero-order valence-electron chi connectivity index (χ0n) is 19.5. The number of hydrogen-bond acceptors (Lipinski definition) is 5. The van der Waals surface area contributed by atoms with Crippen molar-refractivity contribution in [3.8, 4) is 0 Å². The Morgan fingerprint density at radius 2 is 1.91 bits per heavy atom. The van der Waals surface area contributed by atoms with Crippen LogP contribution in [0.2, 0.25) is 0 Å². The van der Waals surface area contributed by atoms with Crippen LogP contribution in [-0.4, -0.2) is 76.9 Å².